The Labute approximate surface area is 148 Å². The molecule has 136 valence electrons. The number of methoxy groups -OCH3 is 1. The minimum atomic E-state index is -0.257. The fourth-order valence-electron chi connectivity index (χ4n) is 4.31. The first-order valence-electron chi connectivity index (χ1n) is 9.47. The highest BCUT2D eigenvalue weighted by Crippen LogP contribution is 2.36. The van der Waals surface area contributed by atoms with Crippen molar-refractivity contribution in [2.24, 2.45) is 11.8 Å². The van der Waals surface area contributed by atoms with Gasteiger partial charge < -0.3 is 10.1 Å². The second-order valence-corrected chi connectivity index (χ2v) is 7.34. The van der Waals surface area contributed by atoms with Crippen molar-refractivity contribution in [2.75, 3.05) is 13.7 Å². The van der Waals surface area contributed by atoms with Crippen molar-refractivity contribution in [3.8, 4) is 0 Å². The van der Waals surface area contributed by atoms with E-state index in [2.05, 4.69) is 5.32 Å². The molecule has 25 heavy (non-hydrogen) atoms. The molecular formula is C20H27NO4. The number of hydrogen-bond acceptors (Lipinski definition) is 4. The summed E-state index contributed by atoms with van der Waals surface area (Å²) in [6.45, 7) is 0.102. The monoisotopic (exact) mass is 345 g/mol. The molecule has 0 spiro atoms. The van der Waals surface area contributed by atoms with Crippen molar-refractivity contribution < 1.29 is 19.1 Å². The van der Waals surface area contributed by atoms with Gasteiger partial charge in [0.05, 0.1) is 7.11 Å². The first kappa shape index (κ1) is 17.9. The molecule has 1 amide bonds. The van der Waals surface area contributed by atoms with E-state index in [9.17, 15) is 14.4 Å². The number of ketones is 2. The summed E-state index contributed by atoms with van der Waals surface area (Å²) in [7, 11) is 1.44. The van der Waals surface area contributed by atoms with Crippen LogP contribution in [0.2, 0.25) is 0 Å². The minimum absolute atomic E-state index is 0.00890. The summed E-state index contributed by atoms with van der Waals surface area (Å²) in [5.41, 5.74) is 0.861. The Morgan fingerprint density at radius 3 is 2.36 bits per heavy atom. The fourth-order valence-corrected chi connectivity index (χ4v) is 4.31. The maximum absolute atomic E-state index is 12.7. The molecule has 1 N–H and O–H groups in total. The molecule has 5 heteroatoms. The van der Waals surface area contributed by atoms with Crippen LogP contribution in [-0.2, 0) is 19.1 Å². The summed E-state index contributed by atoms with van der Waals surface area (Å²) >= 11 is 0. The standard InChI is InChI=1S/C20H27NO4/c1-25-19-17(13-7-5-6-8-13)16(22)11-15(18(19)23)12-21-20(24)14-9-3-2-4-10-14/h11,13-14H,2-10,12H2,1H3,(H,21,24). The number of hydrogen-bond donors (Lipinski definition) is 1. The van der Waals surface area contributed by atoms with E-state index in [1.807, 2.05) is 0 Å². The van der Waals surface area contributed by atoms with E-state index < -0.39 is 0 Å². The van der Waals surface area contributed by atoms with Crippen LogP contribution in [0.15, 0.2) is 23.0 Å². The molecule has 2 fully saturated rings. The van der Waals surface area contributed by atoms with Gasteiger partial charge in [-0.05, 0) is 37.7 Å². The molecule has 3 aliphatic carbocycles. The molecule has 5 nitrogen and oxygen atoms in total. The van der Waals surface area contributed by atoms with E-state index in [-0.39, 0.29) is 41.6 Å². The first-order valence-corrected chi connectivity index (χ1v) is 9.47. The molecule has 0 atom stereocenters. The Morgan fingerprint density at radius 1 is 1.08 bits per heavy atom. The Kier molecular flexibility index (Phi) is 5.71. The number of amides is 1. The van der Waals surface area contributed by atoms with Gasteiger partial charge in [-0.2, -0.15) is 0 Å². The van der Waals surface area contributed by atoms with Crippen molar-refractivity contribution in [2.45, 2.75) is 57.8 Å². The summed E-state index contributed by atoms with van der Waals surface area (Å²) in [4.78, 5) is 37.6. The van der Waals surface area contributed by atoms with Crippen LogP contribution in [-0.4, -0.2) is 31.1 Å². The average molecular weight is 345 g/mol. The number of carbonyl (C=O) groups is 3. The predicted octanol–water partition coefficient (Wildman–Crippen LogP) is 2.85. The molecule has 3 aliphatic rings. The Morgan fingerprint density at radius 2 is 1.72 bits per heavy atom. The van der Waals surface area contributed by atoms with Crippen molar-refractivity contribution >= 4 is 17.5 Å². The van der Waals surface area contributed by atoms with Crippen LogP contribution in [0.3, 0.4) is 0 Å². The van der Waals surface area contributed by atoms with E-state index in [1.54, 1.807) is 0 Å². The highest BCUT2D eigenvalue weighted by molar-refractivity contribution is 6.22. The van der Waals surface area contributed by atoms with Gasteiger partial charge in [0, 0.05) is 23.6 Å². The number of carbonyl (C=O) groups excluding carboxylic acids is 3. The third-order valence-electron chi connectivity index (χ3n) is 5.71. The van der Waals surface area contributed by atoms with E-state index in [0.29, 0.717) is 11.1 Å². The molecule has 0 aromatic heterocycles. The number of allylic oxidation sites excluding steroid dienone is 3. The van der Waals surface area contributed by atoms with Crippen molar-refractivity contribution in [3.05, 3.63) is 23.0 Å². The average Bonchev–Trinajstić information content (AvgIpc) is 3.16. The zero-order valence-corrected chi connectivity index (χ0v) is 14.9. The lowest BCUT2D eigenvalue weighted by Crippen LogP contribution is -2.36. The van der Waals surface area contributed by atoms with Gasteiger partial charge in [-0.25, -0.2) is 0 Å². The zero-order valence-electron chi connectivity index (χ0n) is 14.9. The number of nitrogens with one attached hydrogen (secondary N) is 1. The van der Waals surface area contributed by atoms with Crippen molar-refractivity contribution in [1.29, 1.82) is 0 Å². The lowest BCUT2D eigenvalue weighted by atomic mass is 9.85. The molecule has 0 radical (unpaired) electrons. The Balaban J connectivity index is 1.67. The van der Waals surface area contributed by atoms with Gasteiger partial charge in [-0.3, -0.25) is 14.4 Å². The van der Waals surface area contributed by atoms with Gasteiger partial charge in [-0.15, -0.1) is 0 Å². The molecule has 0 unspecified atom stereocenters. The van der Waals surface area contributed by atoms with Crippen LogP contribution in [0, 0.1) is 11.8 Å². The van der Waals surface area contributed by atoms with Crippen LogP contribution in [0.25, 0.3) is 0 Å². The van der Waals surface area contributed by atoms with Crippen LogP contribution >= 0.6 is 0 Å². The molecular weight excluding hydrogens is 318 g/mol. The van der Waals surface area contributed by atoms with E-state index in [4.69, 9.17) is 4.74 Å². The highest BCUT2D eigenvalue weighted by atomic mass is 16.5. The smallest absolute Gasteiger partial charge is 0.225 e. The van der Waals surface area contributed by atoms with Gasteiger partial charge in [0.15, 0.2) is 11.5 Å². The molecule has 0 heterocycles. The molecule has 0 bridgehead atoms. The van der Waals surface area contributed by atoms with E-state index >= 15 is 0 Å². The summed E-state index contributed by atoms with van der Waals surface area (Å²) in [6.07, 6.45) is 10.6. The van der Waals surface area contributed by atoms with Crippen LogP contribution in [0.5, 0.6) is 0 Å². The summed E-state index contributed by atoms with van der Waals surface area (Å²) < 4.78 is 5.31. The largest absolute Gasteiger partial charge is 0.492 e. The van der Waals surface area contributed by atoms with Crippen LogP contribution in [0.4, 0.5) is 0 Å². The number of Topliss-reactive ketones (excluding diaryl/α,β-unsaturated/α-hetero) is 1. The van der Waals surface area contributed by atoms with Crippen LogP contribution < -0.4 is 5.32 Å². The lowest BCUT2D eigenvalue weighted by Gasteiger charge is -2.23. The number of ether oxygens (including phenoxy) is 1. The maximum atomic E-state index is 12.7. The third-order valence-corrected chi connectivity index (χ3v) is 5.71. The first-order chi connectivity index (χ1) is 12.1. The van der Waals surface area contributed by atoms with Crippen molar-refractivity contribution in [1.82, 2.24) is 5.32 Å². The molecule has 0 aromatic rings. The number of rotatable bonds is 5. The lowest BCUT2D eigenvalue weighted by molar-refractivity contribution is -0.125. The summed E-state index contributed by atoms with van der Waals surface area (Å²) in [5.74, 6) is -0.0545. The topological polar surface area (TPSA) is 72.5 Å². The van der Waals surface area contributed by atoms with E-state index in [1.165, 1.54) is 19.6 Å². The summed E-state index contributed by atoms with van der Waals surface area (Å²) in [6, 6.07) is 0. The SMILES string of the molecule is COC1=C(C2CCCC2)C(=O)C=C(CNC(=O)C2CCCCC2)C1=O. The quantitative estimate of drug-likeness (QED) is 0.778. The van der Waals surface area contributed by atoms with Gasteiger partial charge in [0.2, 0.25) is 11.7 Å². The van der Waals surface area contributed by atoms with Gasteiger partial charge in [0.1, 0.15) is 0 Å². The fraction of sp³-hybridized carbons (Fsp3) is 0.650. The van der Waals surface area contributed by atoms with Gasteiger partial charge >= 0.3 is 0 Å². The molecule has 0 aliphatic heterocycles. The second kappa shape index (κ2) is 7.98. The molecule has 0 aromatic carbocycles. The minimum Gasteiger partial charge on any atom is -0.492 e. The van der Waals surface area contributed by atoms with Gasteiger partial charge in [0.25, 0.3) is 0 Å². The Bertz CT molecular complexity index is 620. The van der Waals surface area contributed by atoms with E-state index in [0.717, 1.165) is 51.4 Å². The molecule has 2 saturated carbocycles. The Hall–Kier alpha value is -1.91. The zero-order chi connectivity index (χ0) is 17.8. The van der Waals surface area contributed by atoms with Gasteiger partial charge in [-0.1, -0.05) is 32.1 Å². The van der Waals surface area contributed by atoms with Crippen molar-refractivity contribution in [3.63, 3.8) is 0 Å². The summed E-state index contributed by atoms with van der Waals surface area (Å²) in [5, 5.41) is 2.84. The highest BCUT2D eigenvalue weighted by Gasteiger charge is 2.35. The second-order valence-electron chi connectivity index (χ2n) is 7.34. The predicted molar refractivity (Wildman–Crippen MR) is 93.7 cm³/mol. The normalized spacial score (nSPS) is 23.0. The molecule has 3 rings (SSSR count). The molecule has 0 saturated heterocycles. The maximum Gasteiger partial charge on any atom is 0.225 e. The third kappa shape index (κ3) is 3.86. The van der Waals surface area contributed by atoms with Crippen LogP contribution in [0.1, 0.15) is 57.8 Å².